The van der Waals surface area contributed by atoms with Crippen LogP contribution in [0.3, 0.4) is 0 Å². The second kappa shape index (κ2) is 4.47. The van der Waals surface area contributed by atoms with Gasteiger partial charge in [0.15, 0.2) is 0 Å². The third-order valence-electron chi connectivity index (χ3n) is 4.94. The second-order valence-corrected chi connectivity index (χ2v) is 6.14. The number of rotatable bonds is 2. The molecule has 4 unspecified atom stereocenters. The summed E-state index contributed by atoms with van der Waals surface area (Å²) in [4.78, 5) is 11.8. The lowest BCUT2D eigenvalue weighted by atomic mass is 9.76. The van der Waals surface area contributed by atoms with Gasteiger partial charge in [-0.05, 0) is 38.5 Å². The highest BCUT2D eigenvalue weighted by atomic mass is 16.6. The summed E-state index contributed by atoms with van der Waals surface area (Å²) in [6, 6.07) is 0. The van der Waals surface area contributed by atoms with Crippen molar-refractivity contribution in [2.75, 3.05) is 0 Å². The third-order valence-corrected chi connectivity index (χ3v) is 4.94. The maximum Gasteiger partial charge on any atom is 0.333 e. The number of fused-ring (bicyclic) bond motifs is 1. The van der Waals surface area contributed by atoms with E-state index in [1.165, 1.54) is 32.1 Å². The van der Waals surface area contributed by atoms with Crippen LogP contribution in [0.15, 0.2) is 12.2 Å². The van der Waals surface area contributed by atoms with E-state index in [0.717, 1.165) is 5.92 Å². The van der Waals surface area contributed by atoms with Gasteiger partial charge in [-0.25, -0.2) is 4.79 Å². The van der Waals surface area contributed by atoms with Gasteiger partial charge in [-0.2, -0.15) is 0 Å². The van der Waals surface area contributed by atoms with Crippen molar-refractivity contribution < 1.29 is 9.53 Å². The molecule has 2 rings (SSSR count). The summed E-state index contributed by atoms with van der Waals surface area (Å²) in [5.74, 6) is 1.58. The van der Waals surface area contributed by atoms with Crippen LogP contribution < -0.4 is 0 Å². The Kier molecular flexibility index (Phi) is 3.33. The van der Waals surface area contributed by atoms with Crippen LogP contribution in [0, 0.1) is 17.8 Å². The molecule has 0 radical (unpaired) electrons. The first kappa shape index (κ1) is 12.7. The fourth-order valence-corrected chi connectivity index (χ4v) is 3.76. The second-order valence-electron chi connectivity index (χ2n) is 6.14. The Hall–Kier alpha value is -0.790. The molecule has 0 aromatic rings. The molecule has 0 bridgehead atoms. The van der Waals surface area contributed by atoms with Crippen LogP contribution in [-0.2, 0) is 9.53 Å². The zero-order chi connectivity index (χ0) is 12.6. The Labute approximate surface area is 104 Å². The Balaban J connectivity index is 2.16. The minimum Gasteiger partial charge on any atom is -0.455 e. The van der Waals surface area contributed by atoms with Crippen LogP contribution in [0.5, 0.6) is 0 Å². The van der Waals surface area contributed by atoms with Gasteiger partial charge in [-0.1, -0.05) is 32.8 Å². The molecule has 0 spiro atoms. The molecule has 0 aromatic carbocycles. The normalized spacial score (nSPS) is 40.8. The number of hydrogen-bond donors (Lipinski definition) is 0. The van der Waals surface area contributed by atoms with Crippen LogP contribution in [0.1, 0.15) is 52.9 Å². The van der Waals surface area contributed by atoms with E-state index in [4.69, 9.17) is 4.74 Å². The molecule has 2 nitrogen and oxygen atoms in total. The predicted octanol–water partition coefficient (Wildman–Crippen LogP) is 3.71. The van der Waals surface area contributed by atoms with Crippen molar-refractivity contribution in [3.05, 3.63) is 12.2 Å². The average molecular weight is 236 g/mol. The Bertz CT molecular complexity index is 334. The van der Waals surface area contributed by atoms with Gasteiger partial charge >= 0.3 is 5.97 Å². The zero-order valence-corrected chi connectivity index (χ0v) is 11.3. The molecule has 0 aliphatic heterocycles. The van der Waals surface area contributed by atoms with E-state index in [-0.39, 0.29) is 11.6 Å². The average Bonchev–Trinajstić information content (AvgIpc) is 2.52. The SMILES string of the molecule is C=C(C)C(=O)OC1(C)C(C)CC2CCCCC21. The van der Waals surface area contributed by atoms with Gasteiger partial charge in [0, 0.05) is 11.5 Å². The first-order valence-electron chi connectivity index (χ1n) is 6.84. The van der Waals surface area contributed by atoms with Crippen molar-refractivity contribution in [2.45, 2.75) is 58.5 Å². The molecule has 96 valence electrons. The van der Waals surface area contributed by atoms with Crippen LogP contribution >= 0.6 is 0 Å². The Morgan fingerprint density at radius 3 is 2.65 bits per heavy atom. The number of ether oxygens (including phenoxy) is 1. The lowest BCUT2D eigenvalue weighted by molar-refractivity contribution is -0.163. The summed E-state index contributed by atoms with van der Waals surface area (Å²) >= 11 is 0. The van der Waals surface area contributed by atoms with E-state index in [1.807, 2.05) is 0 Å². The third kappa shape index (κ3) is 2.14. The molecule has 4 atom stereocenters. The highest BCUT2D eigenvalue weighted by Gasteiger charge is 2.53. The van der Waals surface area contributed by atoms with Crippen molar-refractivity contribution in [1.29, 1.82) is 0 Å². The van der Waals surface area contributed by atoms with Crippen molar-refractivity contribution in [3.63, 3.8) is 0 Å². The summed E-state index contributed by atoms with van der Waals surface area (Å²) in [6.07, 6.45) is 6.38. The van der Waals surface area contributed by atoms with Gasteiger partial charge in [-0.3, -0.25) is 0 Å². The lowest BCUT2D eigenvalue weighted by Gasteiger charge is -2.38. The van der Waals surface area contributed by atoms with E-state index in [0.29, 0.717) is 17.4 Å². The minimum atomic E-state index is -0.263. The molecule has 0 amide bonds. The van der Waals surface area contributed by atoms with E-state index in [2.05, 4.69) is 20.4 Å². The van der Waals surface area contributed by atoms with Gasteiger partial charge < -0.3 is 4.74 Å². The van der Waals surface area contributed by atoms with Gasteiger partial charge in [-0.15, -0.1) is 0 Å². The van der Waals surface area contributed by atoms with Crippen molar-refractivity contribution >= 4 is 5.97 Å². The first-order chi connectivity index (χ1) is 7.95. The van der Waals surface area contributed by atoms with Crippen molar-refractivity contribution in [1.82, 2.24) is 0 Å². The van der Waals surface area contributed by atoms with Gasteiger partial charge in [0.05, 0.1) is 0 Å². The molecule has 2 heteroatoms. The van der Waals surface area contributed by atoms with Gasteiger partial charge in [0.1, 0.15) is 5.60 Å². The molecular weight excluding hydrogens is 212 g/mol. The maximum absolute atomic E-state index is 11.8. The van der Waals surface area contributed by atoms with Gasteiger partial charge in [0.2, 0.25) is 0 Å². The van der Waals surface area contributed by atoms with Crippen LogP contribution in [0.2, 0.25) is 0 Å². The smallest absolute Gasteiger partial charge is 0.333 e. The Morgan fingerprint density at radius 2 is 2.00 bits per heavy atom. The minimum absolute atomic E-state index is 0.217. The molecule has 0 N–H and O–H groups in total. The monoisotopic (exact) mass is 236 g/mol. The van der Waals surface area contributed by atoms with Gasteiger partial charge in [0.25, 0.3) is 0 Å². The lowest BCUT2D eigenvalue weighted by Crippen LogP contribution is -2.42. The van der Waals surface area contributed by atoms with E-state index in [9.17, 15) is 4.79 Å². The number of hydrogen-bond acceptors (Lipinski definition) is 2. The number of carbonyl (C=O) groups excluding carboxylic acids is 1. The maximum atomic E-state index is 11.8. The molecule has 17 heavy (non-hydrogen) atoms. The van der Waals surface area contributed by atoms with Crippen molar-refractivity contribution in [2.24, 2.45) is 17.8 Å². The molecular formula is C15H24O2. The fraction of sp³-hybridized carbons (Fsp3) is 0.800. The summed E-state index contributed by atoms with van der Waals surface area (Å²) in [5, 5.41) is 0. The topological polar surface area (TPSA) is 26.3 Å². The molecule has 0 aromatic heterocycles. The highest BCUT2D eigenvalue weighted by molar-refractivity contribution is 5.87. The summed E-state index contributed by atoms with van der Waals surface area (Å²) in [5.41, 5.74) is 0.249. The fourth-order valence-electron chi connectivity index (χ4n) is 3.76. The largest absolute Gasteiger partial charge is 0.455 e. The first-order valence-corrected chi connectivity index (χ1v) is 6.84. The molecule has 2 fully saturated rings. The molecule has 2 aliphatic rings. The highest BCUT2D eigenvalue weighted by Crippen LogP contribution is 2.53. The van der Waals surface area contributed by atoms with Crippen molar-refractivity contribution in [3.8, 4) is 0 Å². The van der Waals surface area contributed by atoms with Crippen LogP contribution in [-0.4, -0.2) is 11.6 Å². The van der Waals surface area contributed by atoms with Crippen LogP contribution in [0.4, 0.5) is 0 Å². The van der Waals surface area contributed by atoms with E-state index in [1.54, 1.807) is 6.92 Å². The summed E-state index contributed by atoms with van der Waals surface area (Å²) in [6.45, 7) is 9.77. The Morgan fingerprint density at radius 1 is 1.35 bits per heavy atom. The molecule has 2 saturated carbocycles. The standard InChI is InChI=1S/C15H24O2/c1-10(2)14(16)17-15(4)11(3)9-12-7-5-6-8-13(12)15/h11-13H,1,5-9H2,2-4H3. The molecule has 2 aliphatic carbocycles. The molecule has 0 heterocycles. The predicted molar refractivity (Wildman–Crippen MR) is 68.5 cm³/mol. The summed E-state index contributed by atoms with van der Waals surface area (Å²) in [7, 11) is 0. The van der Waals surface area contributed by atoms with Crippen LogP contribution in [0.25, 0.3) is 0 Å². The zero-order valence-electron chi connectivity index (χ0n) is 11.3. The van der Waals surface area contributed by atoms with E-state index >= 15 is 0 Å². The summed E-state index contributed by atoms with van der Waals surface area (Å²) < 4.78 is 5.80. The quantitative estimate of drug-likeness (QED) is 0.539. The molecule has 0 saturated heterocycles. The van der Waals surface area contributed by atoms with E-state index < -0.39 is 0 Å². The number of carbonyl (C=O) groups is 1. The number of esters is 1.